The molecule has 0 bridgehead atoms. The van der Waals surface area contributed by atoms with Gasteiger partial charge >= 0.3 is 0 Å². The Hall–Kier alpha value is -3.53. The SMILES string of the molecule is COc1ccc([C@@H](C)N2CC(C(O)C(F)F)CC2=O)cc1.COc1ccc([C@@H](C)N2C[C@H](C=O)CC2=O)cc1. The number of rotatable bonds is 9. The summed E-state index contributed by atoms with van der Waals surface area (Å²) in [5, 5.41) is 9.44. The van der Waals surface area contributed by atoms with Crippen LogP contribution in [0.1, 0.15) is 49.9 Å². The highest BCUT2D eigenvalue weighted by Gasteiger charge is 2.40. The number of aliphatic hydroxyl groups excluding tert-OH is 1. The number of carbonyl (C=O) groups is 3. The fourth-order valence-electron chi connectivity index (χ4n) is 4.92. The van der Waals surface area contributed by atoms with Crippen LogP contribution >= 0.6 is 0 Å². The number of likely N-dealkylation sites (tertiary alicyclic amines) is 2. The van der Waals surface area contributed by atoms with Gasteiger partial charge < -0.3 is 29.2 Å². The molecule has 0 radical (unpaired) electrons. The molecule has 2 aliphatic rings. The molecular weight excluding hydrogens is 510 g/mol. The molecule has 0 saturated carbocycles. The molecule has 8 nitrogen and oxygen atoms in total. The van der Waals surface area contributed by atoms with Crippen LogP contribution in [0.4, 0.5) is 8.78 Å². The van der Waals surface area contributed by atoms with Crippen molar-refractivity contribution in [3.8, 4) is 11.5 Å². The van der Waals surface area contributed by atoms with E-state index in [9.17, 15) is 28.3 Å². The second-order valence-electron chi connectivity index (χ2n) is 9.88. The minimum Gasteiger partial charge on any atom is -0.497 e. The number of hydrogen-bond donors (Lipinski definition) is 1. The van der Waals surface area contributed by atoms with Crippen molar-refractivity contribution in [2.45, 2.75) is 51.3 Å². The Kier molecular flexibility index (Phi) is 10.4. The molecule has 2 aromatic carbocycles. The first kappa shape index (κ1) is 30.0. The van der Waals surface area contributed by atoms with Crippen LogP contribution in [-0.4, -0.2) is 72.8 Å². The number of halogens is 2. The van der Waals surface area contributed by atoms with Crippen molar-refractivity contribution in [3.63, 3.8) is 0 Å². The lowest BCUT2D eigenvalue weighted by molar-refractivity contribution is -0.130. The van der Waals surface area contributed by atoms with Crippen LogP contribution in [0.25, 0.3) is 0 Å². The van der Waals surface area contributed by atoms with Gasteiger partial charge in [0.2, 0.25) is 11.8 Å². The fourth-order valence-corrected chi connectivity index (χ4v) is 4.92. The number of amides is 2. The molecule has 2 aliphatic heterocycles. The van der Waals surface area contributed by atoms with E-state index < -0.39 is 18.4 Å². The number of ether oxygens (including phenoxy) is 2. The minimum absolute atomic E-state index is 0.00615. The standard InChI is InChI=1S/C15H19F2NO3.C14H17NO3/c1-9(10-3-5-12(21-2)6-4-10)18-8-11(7-13(18)19)14(20)15(16)17;1-10(12-3-5-13(18-2)6-4-12)15-8-11(9-16)7-14(15)17/h3-6,9,11,14-15,20H,7-8H2,1-2H3;3-6,9-11H,7-8H2,1-2H3/t9-,11?,14?;10-,11-/m11/s1. The smallest absolute Gasteiger partial charge is 0.264 e. The molecule has 212 valence electrons. The van der Waals surface area contributed by atoms with E-state index in [4.69, 9.17) is 9.47 Å². The molecule has 1 N–H and O–H groups in total. The Balaban J connectivity index is 0.000000218. The van der Waals surface area contributed by atoms with Crippen LogP contribution in [0.3, 0.4) is 0 Å². The number of alkyl halides is 2. The highest BCUT2D eigenvalue weighted by molar-refractivity contribution is 5.83. The van der Waals surface area contributed by atoms with E-state index in [1.54, 1.807) is 31.3 Å². The van der Waals surface area contributed by atoms with Gasteiger partial charge in [-0.15, -0.1) is 0 Å². The van der Waals surface area contributed by atoms with Crippen molar-refractivity contribution < 1.29 is 37.7 Å². The van der Waals surface area contributed by atoms with Crippen molar-refractivity contribution in [2.24, 2.45) is 11.8 Å². The van der Waals surface area contributed by atoms with E-state index in [1.165, 1.54) is 4.90 Å². The van der Waals surface area contributed by atoms with E-state index in [0.717, 1.165) is 23.2 Å². The molecule has 0 aliphatic carbocycles. The first-order chi connectivity index (χ1) is 18.6. The van der Waals surface area contributed by atoms with Crippen LogP contribution in [0.5, 0.6) is 11.5 Å². The van der Waals surface area contributed by atoms with Crippen molar-refractivity contribution in [1.29, 1.82) is 0 Å². The molecule has 39 heavy (non-hydrogen) atoms. The highest BCUT2D eigenvalue weighted by Crippen LogP contribution is 2.32. The lowest BCUT2D eigenvalue weighted by atomic mass is 10.0. The molecular formula is C29H36F2N2O6. The Morgan fingerprint density at radius 2 is 1.26 bits per heavy atom. The number of methoxy groups -OCH3 is 2. The van der Waals surface area contributed by atoms with E-state index in [0.29, 0.717) is 18.7 Å². The van der Waals surface area contributed by atoms with Gasteiger partial charge in [-0.25, -0.2) is 8.78 Å². The molecule has 0 aromatic heterocycles. The third-order valence-electron chi connectivity index (χ3n) is 7.44. The third kappa shape index (κ3) is 7.32. The molecule has 2 saturated heterocycles. The zero-order valence-corrected chi connectivity index (χ0v) is 22.6. The van der Waals surface area contributed by atoms with E-state index in [2.05, 4.69) is 0 Å². The van der Waals surface area contributed by atoms with Crippen molar-refractivity contribution >= 4 is 18.1 Å². The van der Waals surface area contributed by atoms with Gasteiger partial charge in [0.1, 0.15) is 23.9 Å². The summed E-state index contributed by atoms with van der Waals surface area (Å²) in [5.41, 5.74) is 1.95. The number of aldehydes is 1. The van der Waals surface area contributed by atoms with E-state index in [1.807, 2.05) is 50.2 Å². The van der Waals surface area contributed by atoms with E-state index >= 15 is 0 Å². The molecule has 2 heterocycles. The van der Waals surface area contributed by atoms with Gasteiger partial charge in [-0.3, -0.25) is 9.59 Å². The van der Waals surface area contributed by atoms with Crippen molar-refractivity contribution in [3.05, 3.63) is 59.7 Å². The number of aliphatic hydroxyl groups is 1. The molecule has 2 aromatic rings. The zero-order valence-electron chi connectivity index (χ0n) is 22.6. The normalized spacial score (nSPS) is 21.3. The summed E-state index contributed by atoms with van der Waals surface area (Å²) < 4.78 is 35.3. The number of nitrogens with zero attached hydrogens (tertiary/aromatic N) is 2. The van der Waals surface area contributed by atoms with Crippen LogP contribution < -0.4 is 9.47 Å². The summed E-state index contributed by atoms with van der Waals surface area (Å²) in [7, 11) is 3.19. The van der Waals surface area contributed by atoms with E-state index in [-0.39, 0.29) is 42.8 Å². The van der Waals surface area contributed by atoms with Gasteiger partial charge in [-0.05, 0) is 49.2 Å². The third-order valence-corrected chi connectivity index (χ3v) is 7.44. The maximum Gasteiger partial charge on any atom is 0.264 e. The molecule has 2 amide bonds. The van der Waals surface area contributed by atoms with Crippen LogP contribution in [0.2, 0.25) is 0 Å². The topological polar surface area (TPSA) is 96.4 Å². The largest absolute Gasteiger partial charge is 0.497 e. The predicted octanol–water partition coefficient (Wildman–Crippen LogP) is 4.03. The Labute approximate surface area is 227 Å². The van der Waals surface area contributed by atoms with Gasteiger partial charge in [0.05, 0.1) is 26.3 Å². The molecule has 5 atom stereocenters. The predicted molar refractivity (Wildman–Crippen MR) is 141 cm³/mol. The number of benzene rings is 2. The van der Waals surface area contributed by atoms with Gasteiger partial charge in [-0.1, -0.05) is 24.3 Å². The minimum atomic E-state index is -2.82. The maximum absolute atomic E-state index is 12.5. The molecule has 2 fully saturated rings. The highest BCUT2D eigenvalue weighted by atomic mass is 19.3. The van der Waals surface area contributed by atoms with Gasteiger partial charge in [0, 0.05) is 37.8 Å². The van der Waals surface area contributed by atoms with Crippen LogP contribution in [-0.2, 0) is 14.4 Å². The summed E-state index contributed by atoms with van der Waals surface area (Å²) >= 11 is 0. The molecule has 0 spiro atoms. The second-order valence-corrected chi connectivity index (χ2v) is 9.88. The maximum atomic E-state index is 12.5. The fraction of sp³-hybridized carbons (Fsp3) is 0.483. The van der Waals surface area contributed by atoms with Gasteiger partial charge in [0.15, 0.2) is 0 Å². The second kappa shape index (κ2) is 13.5. The first-order valence-electron chi connectivity index (χ1n) is 12.9. The number of carbonyl (C=O) groups excluding carboxylic acids is 3. The summed E-state index contributed by atoms with van der Waals surface area (Å²) in [6.07, 6.45) is -3.39. The summed E-state index contributed by atoms with van der Waals surface area (Å²) in [6.45, 7) is 4.50. The van der Waals surface area contributed by atoms with Crippen LogP contribution in [0, 0.1) is 11.8 Å². The zero-order chi connectivity index (χ0) is 28.7. The average Bonchev–Trinajstić information content (AvgIpc) is 3.54. The lowest BCUT2D eigenvalue weighted by Crippen LogP contribution is -2.32. The van der Waals surface area contributed by atoms with Gasteiger partial charge in [-0.2, -0.15) is 0 Å². The van der Waals surface area contributed by atoms with Gasteiger partial charge in [0.25, 0.3) is 6.43 Å². The summed E-state index contributed by atoms with van der Waals surface area (Å²) in [6, 6.07) is 14.7. The molecule has 4 rings (SSSR count). The monoisotopic (exact) mass is 546 g/mol. The number of hydrogen-bond acceptors (Lipinski definition) is 6. The summed E-state index contributed by atoms with van der Waals surface area (Å²) in [5.74, 6) is 0.490. The first-order valence-corrected chi connectivity index (χ1v) is 12.9. The Morgan fingerprint density at radius 3 is 1.64 bits per heavy atom. The molecule has 2 unspecified atom stereocenters. The molecule has 10 heteroatoms. The van der Waals surface area contributed by atoms with Crippen LogP contribution in [0.15, 0.2) is 48.5 Å². The quantitative estimate of drug-likeness (QED) is 0.477. The summed E-state index contributed by atoms with van der Waals surface area (Å²) in [4.78, 5) is 37.9. The average molecular weight is 547 g/mol. The lowest BCUT2D eigenvalue weighted by Gasteiger charge is -2.26. The van der Waals surface area contributed by atoms with Crippen molar-refractivity contribution in [2.75, 3.05) is 27.3 Å². The Bertz CT molecular complexity index is 1110. The van der Waals surface area contributed by atoms with Crippen molar-refractivity contribution in [1.82, 2.24) is 9.80 Å². The Morgan fingerprint density at radius 1 is 0.821 bits per heavy atom.